The highest BCUT2D eigenvalue weighted by Gasteiger charge is 2.33. The van der Waals surface area contributed by atoms with Gasteiger partial charge in [-0.2, -0.15) is 0 Å². The molecule has 0 saturated carbocycles. The van der Waals surface area contributed by atoms with Crippen LogP contribution in [-0.4, -0.2) is 73.4 Å². The third kappa shape index (κ3) is 5.02. The molecule has 1 amide bonds. The van der Waals surface area contributed by atoms with Crippen molar-refractivity contribution in [1.82, 2.24) is 15.1 Å². The Bertz CT molecular complexity index is 1100. The molecule has 1 heterocycles. The Morgan fingerprint density at radius 3 is 2.41 bits per heavy atom. The monoisotopic (exact) mass is 468 g/mol. The van der Waals surface area contributed by atoms with E-state index in [-0.39, 0.29) is 35.3 Å². The van der Waals surface area contributed by atoms with E-state index in [9.17, 15) is 19.7 Å². The largest absolute Gasteiger partial charge is 0.493 e. The Kier molecular flexibility index (Phi) is 7.09. The van der Waals surface area contributed by atoms with Crippen molar-refractivity contribution in [2.24, 2.45) is 0 Å². The van der Waals surface area contributed by atoms with Gasteiger partial charge in [-0.25, -0.2) is 0 Å². The molecule has 34 heavy (non-hydrogen) atoms. The molecule has 2 aromatic rings. The van der Waals surface area contributed by atoms with Gasteiger partial charge in [0.15, 0.2) is 17.3 Å². The summed E-state index contributed by atoms with van der Waals surface area (Å²) in [6, 6.07) is 9.80. The third-order valence-electron chi connectivity index (χ3n) is 6.37. The SMILES string of the molecule is COc1cc2c(cc1OC)C(NC(=O)CN1CCN(Cc3ccccc3[N+](=O)[O-])CC1)CC2=O. The Balaban J connectivity index is 1.31. The molecule has 1 unspecified atom stereocenters. The zero-order valence-electron chi connectivity index (χ0n) is 19.3. The smallest absolute Gasteiger partial charge is 0.273 e. The third-order valence-corrected chi connectivity index (χ3v) is 6.37. The summed E-state index contributed by atoms with van der Waals surface area (Å²) >= 11 is 0. The molecule has 180 valence electrons. The number of carbonyl (C=O) groups excluding carboxylic acids is 2. The number of carbonyl (C=O) groups is 2. The van der Waals surface area contributed by atoms with Gasteiger partial charge in [-0.15, -0.1) is 0 Å². The van der Waals surface area contributed by atoms with Crippen LogP contribution in [0.2, 0.25) is 0 Å². The molecule has 2 aromatic carbocycles. The van der Waals surface area contributed by atoms with Crippen molar-refractivity contribution in [3.05, 3.63) is 63.2 Å². The normalized spacial score (nSPS) is 18.4. The van der Waals surface area contributed by atoms with Crippen LogP contribution in [0.1, 0.15) is 33.9 Å². The maximum Gasteiger partial charge on any atom is 0.273 e. The average molecular weight is 469 g/mol. The molecule has 10 nitrogen and oxygen atoms in total. The molecule has 1 aliphatic heterocycles. The van der Waals surface area contributed by atoms with Crippen LogP contribution >= 0.6 is 0 Å². The summed E-state index contributed by atoms with van der Waals surface area (Å²) in [5.41, 5.74) is 2.11. The Labute approximate surface area is 197 Å². The first-order valence-corrected chi connectivity index (χ1v) is 11.1. The van der Waals surface area contributed by atoms with Gasteiger partial charge < -0.3 is 14.8 Å². The van der Waals surface area contributed by atoms with E-state index in [4.69, 9.17) is 9.47 Å². The Morgan fingerprint density at radius 2 is 1.74 bits per heavy atom. The summed E-state index contributed by atoms with van der Waals surface area (Å²) in [5.74, 6) is 0.822. The van der Waals surface area contributed by atoms with Crippen molar-refractivity contribution < 1.29 is 24.0 Å². The predicted octanol–water partition coefficient (Wildman–Crippen LogP) is 2.17. The lowest BCUT2D eigenvalue weighted by Gasteiger charge is -2.34. The zero-order chi connectivity index (χ0) is 24.2. The number of nitro benzene ring substituents is 1. The minimum absolute atomic E-state index is 0.0372. The van der Waals surface area contributed by atoms with E-state index >= 15 is 0 Å². The number of para-hydroxylation sites is 1. The molecule has 1 atom stereocenters. The summed E-state index contributed by atoms with van der Waals surface area (Å²) in [6.45, 7) is 3.51. The highest BCUT2D eigenvalue weighted by atomic mass is 16.6. The number of amides is 1. The maximum absolute atomic E-state index is 12.7. The molecule has 0 spiro atoms. The number of hydrogen-bond acceptors (Lipinski definition) is 8. The second-order valence-corrected chi connectivity index (χ2v) is 8.48. The average Bonchev–Trinajstić information content (AvgIpc) is 3.13. The van der Waals surface area contributed by atoms with Crippen LogP contribution in [0.3, 0.4) is 0 Å². The number of methoxy groups -OCH3 is 2. The molecule has 4 rings (SSSR count). The second kappa shape index (κ2) is 10.2. The molecule has 2 aliphatic rings. The molecular weight excluding hydrogens is 440 g/mol. The topological polar surface area (TPSA) is 114 Å². The van der Waals surface area contributed by atoms with Gasteiger partial charge in [-0.3, -0.25) is 29.5 Å². The van der Waals surface area contributed by atoms with Crippen molar-refractivity contribution >= 4 is 17.4 Å². The number of nitrogens with one attached hydrogen (secondary N) is 1. The van der Waals surface area contributed by atoms with E-state index < -0.39 is 6.04 Å². The summed E-state index contributed by atoms with van der Waals surface area (Å²) in [6.07, 6.45) is 0.209. The van der Waals surface area contributed by atoms with Crippen LogP contribution in [0.4, 0.5) is 5.69 Å². The number of ether oxygens (including phenoxy) is 2. The highest BCUT2D eigenvalue weighted by molar-refractivity contribution is 6.02. The highest BCUT2D eigenvalue weighted by Crippen LogP contribution is 2.39. The van der Waals surface area contributed by atoms with Crippen molar-refractivity contribution in [3.63, 3.8) is 0 Å². The van der Waals surface area contributed by atoms with Crippen LogP contribution in [0.5, 0.6) is 11.5 Å². The van der Waals surface area contributed by atoms with Crippen molar-refractivity contribution in [2.75, 3.05) is 46.9 Å². The standard InChI is InChI=1S/C24H28N4O6/c1-33-22-11-17-18(12-23(22)34-2)21(29)13-19(17)25-24(30)15-27-9-7-26(8-10-27)14-16-5-3-4-6-20(16)28(31)32/h3-6,11-12,19H,7-10,13-15H2,1-2H3,(H,25,30). The van der Waals surface area contributed by atoms with Gasteiger partial charge >= 0.3 is 0 Å². The van der Waals surface area contributed by atoms with Crippen LogP contribution < -0.4 is 14.8 Å². The van der Waals surface area contributed by atoms with E-state index in [0.717, 1.165) is 5.56 Å². The first-order valence-electron chi connectivity index (χ1n) is 11.1. The minimum Gasteiger partial charge on any atom is -0.493 e. The number of nitro groups is 1. The van der Waals surface area contributed by atoms with E-state index in [1.165, 1.54) is 20.3 Å². The van der Waals surface area contributed by atoms with Gasteiger partial charge in [-0.05, 0) is 17.7 Å². The molecule has 1 N–H and O–H groups in total. The molecule has 0 radical (unpaired) electrons. The van der Waals surface area contributed by atoms with Crippen LogP contribution in [0, 0.1) is 10.1 Å². The molecule has 1 saturated heterocycles. The summed E-state index contributed by atoms with van der Waals surface area (Å²) in [4.78, 5) is 40.3. The fourth-order valence-corrected chi connectivity index (χ4v) is 4.57. The first kappa shape index (κ1) is 23.7. The fourth-order valence-electron chi connectivity index (χ4n) is 4.57. The van der Waals surface area contributed by atoms with E-state index in [1.54, 1.807) is 30.3 Å². The zero-order valence-corrected chi connectivity index (χ0v) is 19.3. The molecule has 1 fully saturated rings. The fraction of sp³-hybridized carbons (Fsp3) is 0.417. The van der Waals surface area contributed by atoms with Gasteiger partial charge in [0.1, 0.15) is 0 Å². The Hall–Kier alpha value is -3.50. The summed E-state index contributed by atoms with van der Waals surface area (Å²) in [7, 11) is 3.05. The predicted molar refractivity (Wildman–Crippen MR) is 124 cm³/mol. The number of Topliss-reactive ketones (excluding diaryl/α,β-unsaturated/α-hetero) is 1. The molecular formula is C24H28N4O6. The molecule has 0 aromatic heterocycles. The van der Waals surface area contributed by atoms with Crippen LogP contribution in [0.15, 0.2) is 36.4 Å². The van der Waals surface area contributed by atoms with E-state index in [2.05, 4.69) is 15.1 Å². The van der Waals surface area contributed by atoms with E-state index in [0.29, 0.717) is 55.3 Å². The number of benzene rings is 2. The Morgan fingerprint density at radius 1 is 1.09 bits per heavy atom. The summed E-state index contributed by atoms with van der Waals surface area (Å²) < 4.78 is 10.6. The molecule has 10 heteroatoms. The van der Waals surface area contributed by atoms with Crippen molar-refractivity contribution in [2.45, 2.75) is 19.0 Å². The summed E-state index contributed by atoms with van der Waals surface area (Å²) in [5, 5.41) is 14.2. The number of ketones is 1. The lowest BCUT2D eigenvalue weighted by atomic mass is 10.1. The number of fused-ring (bicyclic) bond motifs is 1. The van der Waals surface area contributed by atoms with Gasteiger partial charge in [0, 0.05) is 56.3 Å². The number of hydrogen-bond donors (Lipinski definition) is 1. The lowest BCUT2D eigenvalue weighted by Crippen LogP contribution is -2.49. The van der Waals surface area contributed by atoms with Crippen LogP contribution in [0.25, 0.3) is 0 Å². The maximum atomic E-state index is 12.7. The lowest BCUT2D eigenvalue weighted by molar-refractivity contribution is -0.385. The molecule has 0 bridgehead atoms. The number of nitrogens with zero attached hydrogens (tertiary/aromatic N) is 3. The van der Waals surface area contributed by atoms with Gasteiger partial charge in [0.05, 0.1) is 31.7 Å². The van der Waals surface area contributed by atoms with Gasteiger partial charge in [0.25, 0.3) is 5.69 Å². The minimum atomic E-state index is -0.394. The van der Waals surface area contributed by atoms with E-state index in [1.807, 2.05) is 0 Å². The number of rotatable bonds is 8. The van der Waals surface area contributed by atoms with Crippen molar-refractivity contribution in [1.29, 1.82) is 0 Å². The second-order valence-electron chi connectivity index (χ2n) is 8.48. The quantitative estimate of drug-likeness (QED) is 0.463. The van der Waals surface area contributed by atoms with Gasteiger partial charge in [-0.1, -0.05) is 18.2 Å². The molecule has 1 aliphatic carbocycles. The number of piperazine rings is 1. The van der Waals surface area contributed by atoms with Crippen LogP contribution in [-0.2, 0) is 11.3 Å². The van der Waals surface area contributed by atoms with Crippen molar-refractivity contribution in [3.8, 4) is 11.5 Å². The first-order chi connectivity index (χ1) is 16.4. The van der Waals surface area contributed by atoms with Gasteiger partial charge in [0.2, 0.25) is 5.91 Å².